The standard InChI is InChI=1S/C22H20FN3OS/c1-15(16-5-3-2-4-6-16)25-13-26-21(27)11-19(17-7-9-18(23)10-8-17)20(12-24)22(26)28-14-25/h2-10,15,19H,11,13-14H2,1H3/t15-,19+/m0/s1. The van der Waals surface area contributed by atoms with Crippen LogP contribution in [0.1, 0.15) is 36.4 Å². The third kappa shape index (κ3) is 3.44. The summed E-state index contributed by atoms with van der Waals surface area (Å²) < 4.78 is 13.3. The summed E-state index contributed by atoms with van der Waals surface area (Å²) in [4.78, 5) is 16.9. The first-order chi connectivity index (χ1) is 13.6. The molecule has 2 aliphatic rings. The molecule has 0 aromatic heterocycles. The zero-order valence-electron chi connectivity index (χ0n) is 15.5. The molecule has 2 aliphatic heterocycles. The van der Waals surface area contributed by atoms with E-state index in [9.17, 15) is 14.4 Å². The fourth-order valence-corrected chi connectivity index (χ4v) is 4.99. The lowest BCUT2D eigenvalue weighted by Crippen LogP contribution is -2.47. The Morgan fingerprint density at radius 1 is 1.18 bits per heavy atom. The van der Waals surface area contributed by atoms with Crippen LogP contribution in [-0.2, 0) is 4.79 Å². The van der Waals surface area contributed by atoms with Crippen LogP contribution in [0, 0.1) is 17.1 Å². The molecule has 0 radical (unpaired) electrons. The van der Waals surface area contributed by atoms with Crippen molar-refractivity contribution in [2.45, 2.75) is 25.3 Å². The molecule has 142 valence electrons. The van der Waals surface area contributed by atoms with Crippen molar-refractivity contribution in [1.82, 2.24) is 9.80 Å². The number of benzene rings is 2. The first-order valence-electron chi connectivity index (χ1n) is 9.20. The third-order valence-electron chi connectivity index (χ3n) is 5.42. The zero-order chi connectivity index (χ0) is 19.7. The fourth-order valence-electron chi connectivity index (χ4n) is 3.74. The molecule has 1 amide bonds. The van der Waals surface area contributed by atoms with Gasteiger partial charge >= 0.3 is 0 Å². The second-order valence-corrected chi connectivity index (χ2v) is 7.98. The number of rotatable bonds is 3. The van der Waals surface area contributed by atoms with Gasteiger partial charge in [0.2, 0.25) is 5.91 Å². The van der Waals surface area contributed by atoms with Crippen molar-refractivity contribution in [2.75, 3.05) is 12.5 Å². The van der Waals surface area contributed by atoms with E-state index in [0.717, 1.165) is 10.6 Å². The van der Waals surface area contributed by atoms with Gasteiger partial charge in [0.25, 0.3) is 0 Å². The van der Waals surface area contributed by atoms with E-state index in [1.165, 1.54) is 29.5 Å². The molecule has 4 nitrogen and oxygen atoms in total. The number of nitriles is 1. The molecule has 6 heteroatoms. The van der Waals surface area contributed by atoms with Gasteiger partial charge in [-0.05, 0) is 30.2 Å². The minimum atomic E-state index is -0.323. The summed E-state index contributed by atoms with van der Waals surface area (Å²) in [7, 11) is 0. The second kappa shape index (κ2) is 7.78. The van der Waals surface area contributed by atoms with Crippen molar-refractivity contribution in [1.29, 1.82) is 5.26 Å². The smallest absolute Gasteiger partial charge is 0.229 e. The van der Waals surface area contributed by atoms with Gasteiger partial charge in [-0.25, -0.2) is 4.39 Å². The monoisotopic (exact) mass is 393 g/mol. The number of carbonyl (C=O) groups excluding carboxylic acids is 1. The van der Waals surface area contributed by atoms with E-state index >= 15 is 0 Å². The summed E-state index contributed by atoms with van der Waals surface area (Å²) in [5.41, 5.74) is 2.60. The zero-order valence-corrected chi connectivity index (χ0v) is 16.3. The Hall–Kier alpha value is -2.62. The Bertz CT molecular complexity index is 952. The minimum absolute atomic E-state index is 0.000728. The van der Waals surface area contributed by atoms with Gasteiger partial charge in [-0.3, -0.25) is 14.6 Å². The highest BCUT2D eigenvalue weighted by Gasteiger charge is 2.39. The van der Waals surface area contributed by atoms with E-state index in [4.69, 9.17) is 0 Å². The molecule has 1 fully saturated rings. The van der Waals surface area contributed by atoms with Gasteiger partial charge in [0.05, 0.1) is 29.2 Å². The van der Waals surface area contributed by atoms with Gasteiger partial charge in [-0.1, -0.05) is 54.2 Å². The van der Waals surface area contributed by atoms with Crippen LogP contribution < -0.4 is 0 Å². The summed E-state index contributed by atoms with van der Waals surface area (Å²) in [5, 5.41) is 10.5. The number of fused-ring (bicyclic) bond motifs is 1. The summed E-state index contributed by atoms with van der Waals surface area (Å²) in [5.74, 6) is 0.0724. The van der Waals surface area contributed by atoms with Gasteiger partial charge in [-0.15, -0.1) is 0 Å². The Labute approximate surface area is 168 Å². The van der Waals surface area contributed by atoms with Crippen LogP contribution in [-0.4, -0.2) is 28.3 Å². The summed E-state index contributed by atoms with van der Waals surface area (Å²) in [6.07, 6.45) is 0.228. The Morgan fingerprint density at radius 2 is 1.89 bits per heavy atom. The Kier molecular flexibility index (Phi) is 5.21. The van der Waals surface area contributed by atoms with Crippen molar-refractivity contribution in [3.8, 4) is 6.07 Å². The number of hydrogen-bond acceptors (Lipinski definition) is 4. The molecule has 1 saturated heterocycles. The molecule has 2 aromatic rings. The van der Waals surface area contributed by atoms with Crippen LogP contribution >= 0.6 is 11.8 Å². The maximum atomic E-state index is 13.3. The van der Waals surface area contributed by atoms with Crippen LogP contribution in [0.2, 0.25) is 0 Å². The normalized spacial score (nSPS) is 21.2. The molecule has 0 spiro atoms. The van der Waals surface area contributed by atoms with Crippen LogP contribution in [0.25, 0.3) is 0 Å². The van der Waals surface area contributed by atoms with E-state index in [1.54, 1.807) is 17.0 Å². The SMILES string of the molecule is C[C@@H](c1ccccc1)N1CSC2=C(C#N)[C@@H](c3ccc(F)cc3)CC(=O)N2C1. The molecule has 4 rings (SSSR count). The molecule has 0 unspecified atom stereocenters. The highest BCUT2D eigenvalue weighted by molar-refractivity contribution is 8.03. The van der Waals surface area contributed by atoms with Gasteiger partial charge in [0, 0.05) is 18.4 Å². The quantitative estimate of drug-likeness (QED) is 0.765. The highest BCUT2D eigenvalue weighted by Crippen LogP contribution is 2.43. The van der Waals surface area contributed by atoms with Crippen LogP contribution in [0.3, 0.4) is 0 Å². The van der Waals surface area contributed by atoms with E-state index in [-0.39, 0.29) is 30.1 Å². The minimum Gasteiger partial charge on any atom is -0.292 e. The highest BCUT2D eigenvalue weighted by atomic mass is 32.2. The molecule has 2 atom stereocenters. The number of halogens is 1. The van der Waals surface area contributed by atoms with Crippen molar-refractivity contribution >= 4 is 17.7 Å². The van der Waals surface area contributed by atoms with Crippen LogP contribution in [0.5, 0.6) is 0 Å². The van der Waals surface area contributed by atoms with E-state index < -0.39 is 0 Å². The van der Waals surface area contributed by atoms with Gasteiger partial charge in [-0.2, -0.15) is 5.26 Å². The largest absolute Gasteiger partial charge is 0.292 e. The van der Waals surface area contributed by atoms with Crippen molar-refractivity contribution in [2.24, 2.45) is 0 Å². The predicted molar refractivity (Wildman–Crippen MR) is 107 cm³/mol. The molecular formula is C22H20FN3OS. The second-order valence-electron chi connectivity index (χ2n) is 7.05. The molecule has 0 N–H and O–H groups in total. The average molecular weight is 393 g/mol. The fraction of sp³-hybridized carbons (Fsp3) is 0.273. The molecule has 28 heavy (non-hydrogen) atoms. The molecule has 2 heterocycles. The molecule has 0 saturated carbocycles. The maximum absolute atomic E-state index is 13.3. The third-order valence-corrected chi connectivity index (χ3v) is 6.59. The lowest BCUT2D eigenvalue weighted by Gasteiger charge is -2.43. The maximum Gasteiger partial charge on any atom is 0.229 e. The van der Waals surface area contributed by atoms with Crippen LogP contribution in [0.15, 0.2) is 65.2 Å². The van der Waals surface area contributed by atoms with Gasteiger partial charge in [0.15, 0.2) is 0 Å². The van der Waals surface area contributed by atoms with Gasteiger partial charge < -0.3 is 0 Å². The predicted octanol–water partition coefficient (Wildman–Crippen LogP) is 4.60. The van der Waals surface area contributed by atoms with E-state index in [2.05, 4.69) is 30.0 Å². The molecular weight excluding hydrogens is 373 g/mol. The molecule has 2 aromatic carbocycles. The number of hydrogen-bond donors (Lipinski definition) is 0. The van der Waals surface area contributed by atoms with Crippen molar-refractivity contribution in [3.63, 3.8) is 0 Å². The summed E-state index contributed by atoms with van der Waals surface area (Å²) in [6, 6.07) is 18.8. The van der Waals surface area contributed by atoms with E-state index in [0.29, 0.717) is 18.1 Å². The Morgan fingerprint density at radius 3 is 2.57 bits per heavy atom. The molecule has 0 bridgehead atoms. The number of allylic oxidation sites excluding steroid dienone is 1. The van der Waals surface area contributed by atoms with Crippen LogP contribution in [0.4, 0.5) is 4.39 Å². The van der Waals surface area contributed by atoms with Crippen molar-refractivity contribution in [3.05, 3.63) is 82.1 Å². The molecule has 0 aliphatic carbocycles. The average Bonchev–Trinajstić information content (AvgIpc) is 2.74. The number of carbonyl (C=O) groups is 1. The van der Waals surface area contributed by atoms with Gasteiger partial charge in [0.1, 0.15) is 5.82 Å². The number of thioether (sulfide) groups is 1. The summed E-state index contributed by atoms with van der Waals surface area (Å²) >= 11 is 1.53. The topological polar surface area (TPSA) is 47.3 Å². The first kappa shape index (κ1) is 18.7. The first-order valence-corrected chi connectivity index (χ1v) is 10.2. The van der Waals surface area contributed by atoms with Crippen molar-refractivity contribution < 1.29 is 9.18 Å². The lowest BCUT2D eigenvalue weighted by molar-refractivity contribution is -0.132. The Balaban J connectivity index is 1.62. The van der Waals surface area contributed by atoms with E-state index in [1.807, 2.05) is 18.2 Å². The summed E-state index contributed by atoms with van der Waals surface area (Å²) in [6.45, 7) is 2.60. The number of nitrogens with zero attached hydrogens (tertiary/aromatic N) is 3. The number of amides is 1. The lowest BCUT2D eigenvalue weighted by atomic mass is 9.86.